The Balaban J connectivity index is 1.56. The van der Waals surface area contributed by atoms with Crippen molar-refractivity contribution in [3.8, 4) is 5.75 Å². The summed E-state index contributed by atoms with van der Waals surface area (Å²) in [6, 6.07) is 14.8. The highest BCUT2D eigenvalue weighted by Gasteiger charge is 2.21. The lowest BCUT2D eigenvalue weighted by molar-refractivity contribution is 0.0699. The number of rotatable bonds is 4. The summed E-state index contributed by atoms with van der Waals surface area (Å²) in [7, 11) is 1.66. The van der Waals surface area contributed by atoms with Crippen molar-refractivity contribution in [2.75, 3.05) is 48.8 Å². The van der Waals surface area contributed by atoms with E-state index < -0.39 is 5.97 Å². The number of nitrogen functional groups attached to an aromatic ring is 1. The number of aromatic nitrogens is 1. The lowest BCUT2D eigenvalue weighted by Gasteiger charge is -2.37. The van der Waals surface area contributed by atoms with Gasteiger partial charge in [-0.05, 0) is 48.5 Å². The molecule has 0 atom stereocenters. The molecule has 0 bridgehead atoms. The maximum atomic E-state index is 11.7. The van der Waals surface area contributed by atoms with Gasteiger partial charge in [0.25, 0.3) is 0 Å². The van der Waals surface area contributed by atoms with Crippen LogP contribution in [0.15, 0.2) is 48.5 Å². The maximum absolute atomic E-state index is 11.7. The highest BCUT2D eigenvalue weighted by molar-refractivity contribution is 6.04. The Labute approximate surface area is 163 Å². The zero-order valence-electron chi connectivity index (χ0n) is 15.6. The number of benzene rings is 2. The Hall–Kier alpha value is -3.48. The Morgan fingerprint density at radius 3 is 2.36 bits per heavy atom. The molecule has 0 amide bonds. The van der Waals surface area contributed by atoms with Gasteiger partial charge in [0.1, 0.15) is 11.6 Å². The number of nitrogens with zero attached hydrogens (tertiary/aromatic N) is 3. The minimum Gasteiger partial charge on any atom is -0.497 e. The van der Waals surface area contributed by atoms with E-state index in [1.54, 1.807) is 31.4 Å². The molecule has 1 saturated heterocycles. The van der Waals surface area contributed by atoms with Crippen LogP contribution >= 0.6 is 0 Å². The van der Waals surface area contributed by atoms with Gasteiger partial charge < -0.3 is 25.4 Å². The number of piperazine rings is 1. The van der Waals surface area contributed by atoms with E-state index >= 15 is 0 Å². The maximum Gasteiger partial charge on any atom is 0.336 e. The molecule has 2 heterocycles. The van der Waals surface area contributed by atoms with Gasteiger partial charge in [-0.3, -0.25) is 0 Å². The fraction of sp³-hybridized carbons (Fsp3) is 0.238. The predicted octanol–water partition coefficient (Wildman–Crippen LogP) is 2.85. The molecule has 0 saturated carbocycles. The highest BCUT2D eigenvalue weighted by atomic mass is 16.5. The molecule has 144 valence electrons. The van der Waals surface area contributed by atoms with Crippen molar-refractivity contribution in [2.45, 2.75) is 0 Å². The van der Waals surface area contributed by atoms with Gasteiger partial charge in [-0.2, -0.15) is 0 Å². The Bertz CT molecular complexity index is 1010. The summed E-state index contributed by atoms with van der Waals surface area (Å²) in [4.78, 5) is 20.8. The molecule has 0 aliphatic carbocycles. The van der Waals surface area contributed by atoms with E-state index in [-0.39, 0.29) is 5.56 Å². The zero-order valence-corrected chi connectivity index (χ0v) is 15.6. The van der Waals surface area contributed by atoms with Crippen molar-refractivity contribution >= 4 is 34.1 Å². The number of pyridine rings is 1. The first-order chi connectivity index (χ1) is 13.5. The second kappa shape index (κ2) is 7.26. The van der Waals surface area contributed by atoms with Gasteiger partial charge in [0, 0.05) is 42.9 Å². The van der Waals surface area contributed by atoms with Crippen LogP contribution in [0.3, 0.4) is 0 Å². The summed E-state index contributed by atoms with van der Waals surface area (Å²) < 4.78 is 5.21. The van der Waals surface area contributed by atoms with Crippen molar-refractivity contribution in [3.63, 3.8) is 0 Å². The fourth-order valence-corrected chi connectivity index (χ4v) is 3.56. The van der Waals surface area contributed by atoms with Crippen LogP contribution in [0.1, 0.15) is 10.4 Å². The van der Waals surface area contributed by atoms with Crippen LogP contribution in [-0.4, -0.2) is 49.3 Å². The minimum absolute atomic E-state index is 0.227. The molecule has 1 aromatic heterocycles. The van der Waals surface area contributed by atoms with E-state index in [1.807, 2.05) is 12.1 Å². The smallest absolute Gasteiger partial charge is 0.336 e. The van der Waals surface area contributed by atoms with Crippen molar-refractivity contribution in [2.24, 2.45) is 0 Å². The fourth-order valence-electron chi connectivity index (χ4n) is 3.56. The summed E-state index contributed by atoms with van der Waals surface area (Å²) in [6.45, 7) is 3.18. The summed E-state index contributed by atoms with van der Waals surface area (Å²) in [5.74, 6) is 0.546. The standard InChI is InChI=1S/C21H22N4O3/c1-28-16-5-3-15(4-6-16)24-8-10-25(11-9-24)20-13-18(21(26)27)17-12-14(22)2-7-19(17)23-20/h2-7,12-13H,8-11,22H2,1H3,(H,26,27). The van der Waals surface area contributed by atoms with Gasteiger partial charge in [-0.1, -0.05) is 0 Å². The molecule has 28 heavy (non-hydrogen) atoms. The molecule has 1 aliphatic heterocycles. The van der Waals surface area contributed by atoms with Gasteiger partial charge in [-0.15, -0.1) is 0 Å². The van der Waals surface area contributed by atoms with Crippen molar-refractivity contribution in [1.82, 2.24) is 4.98 Å². The molecule has 3 N–H and O–H groups in total. The van der Waals surface area contributed by atoms with Crippen LogP contribution in [0.4, 0.5) is 17.2 Å². The second-order valence-corrected chi connectivity index (χ2v) is 6.78. The lowest BCUT2D eigenvalue weighted by Crippen LogP contribution is -2.46. The number of hydrogen-bond donors (Lipinski definition) is 2. The quantitative estimate of drug-likeness (QED) is 0.675. The molecule has 3 aromatic rings. The molecule has 0 unspecified atom stereocenters. The molecule has 7 heteroatoms. The number of carbonyl (C=O) groups is 1. The van der Waals surface area contributed by atoms with Gasteiger partial charge >= 0.3 is 5.97 Å². The SMILES string of the molecule is COc1ccc(N2CCN(c3cc(C(=O)O)c4cc(N)ccc4n3)CC2)cc1. The third-order valence-electron chi connectivity index (χ3n) is 5.09. The molecular formula is C21H22N4O3. The number of carboxylic acids is 1. The number of aromatic carboxylic acids is 1. The molecule has 0 spiro atoms. The van der Waals surface area contributed by atoms with E-state index in [4.69, 9.17) is 10.5 Å². The summed E-state index contributed by atoms with van der Waals surface area (Å²) in [5, 5.41) is 10.2. The first-order valence-electron chi connectivity index (χ1n) is 9.12. The van der Waals surface area contributed by atoms with E-state index in [0.717, 1.165) is 37.6 Å². The number of methoxy groups -OCH3 is 1. The molecule has 1 fully saturated rings. The summed E-state index contributed by atoms with van der Waals surface area (Å²) in [6.07, 6.45) is 0. The van der Waals surface area contributed by atoms with E-state index in [2.05, 4.69) is 26.9 Å². The highest BCUT2D eigenvalue weighted by Crippen LogP contribution is 2.27. The second-order valence-electron chi connectivity index (χ2n) is 6.78. The van der Waals surface area contributed by atoms with Crippen molar-refractivity contribution in [3.05, 3.63) is 54.1 Å². The summed E-state index contributed by atoms with van der Waals surface area (Å²) >= 11 is 0. The van der Waals surface area contributed by atoms with Crippen molar-refractivity contribution < 1.29 is 14.6 Å². The van der Waals surface area contributed by atoms with Gasteiger partial charge in [0.2, 0.25) is 0 Å². The molecule has 7 nitrogen and oxygen atoms in total. The lowest BCUT2D eigenvalue weighted by atomic mass is 10.1. The van der Waals surface area contributed by atoms with E-state index in [0.29, 0.717) is 22.4 Å². The van der Waals surface area contributed by atoms with Gasteiger partial charge in [0.15, 0.2) is 0 Å². The topological polar surface area (TPSA) is 91.9 Å². The Morgan fingerprint density at radius 1 is 1.04 bits per heavy atom. The normalized spacial score (nSPS) is 14.3. The number of fused-ring (bicyclic) bond motifs is 1. The average Bonchev–Trinajstić information content (AvgIpc) is 2.73. The summed E-state index contributed by atoms with van der Waals surface area (Å²) in [5.41, 5.74) is 8.36. The Morgan fingerprint density at radius 2 is 1.71 bits per heavy atom. The van der Waals surface area contributed by atoms with Crippen LogP contribution in [0.2, 0.25) is 0 Å². The number of hydrogen-bond acceptors (Lipinski definition) is 6. The third-order valence-corrected chi connectivity index (χ3v) is 5.09. The number of anilines is 3. The minimum atomic E-state index is -0.976. The number of carboxylic acid groups (broad SMARTS) is 1. The Kier molecular flexibility index (Phi) is 4.65. The largest absolute Gasteiger partial charge is 0.497 e. The molecule has 2 aromatic carbocycles. The van der Waals surface area contributed by atoms with Gasteiger partial charge in [0.05, 0.1) is 18.2 Å². The van der Waals surface area contributed by atoms with Crippen LogP contribution in [0, 0.1) is 0 Å². The number of ether oxygens (including phenoxy) is 1. The zero-order chi connectivity index (χ0) is 19.7. The van der Waals surface area contributed by atoms with Crippen LogP contribution in [-0.2, 0) is 0 Å². The van der Waals surface area contributed by atoms with E-state index in [1.165, 1.54) is 0 Å². The predicted molar refractivity (Wildman–Crippen MR) is 111 cm³/mol. The molecule has 1 aliphatic rings. The van der Waals surface area contributed by atoms with Crippen LogP contribution in [0.25, 0.3) is 10.9 Å². The monoisotopic (exact) mass is 378 g/mol. The van der Waals surface area contributed by atoms with Gasteiger partial charge in [-0.25, -0.2) is 9.78 Å². The molecular weight excluding hydrogens is 356 g/mol. The van der Waals surface area contributed by atoms with Crippen LogP contribution in [0.5, 0.6) is 5.75 Å². The van der Waals surface area contributed by atoms with E-state index in [9.17, 15) is 9.90 Å². The van der Waals surface area contributed by atoms with Crippen LogP contribution < -0.4 is 20.3 Å². The number of nitrogens with two attached hydrogens (primary N) is 1. The first kappa shape index (κ1) is 17.9. The molecule has 0 radical (unpaired) electrons. The first-order valence-corrected chi connectivity index (χ1v) is 9.12. The van der Waals surface area contributed by atoms with Crippen molar-refractivity contribution in [1.29, 1.82) is 0 Å². The molecule has 4 rings (SSSR count). The average molecular weight is 378 g/mol. The third kappa shape index (κ3) is 3.38.